The molecule has 9 heteroatoms. The highest BCUT2D eigenvalue weighted by atomic mass is 19.4. The molecule has 3 heterocycles. The highest BCUT2D eigenvalue weighted by Crippen LogP contribution is 2.32. The van der Waals surface area contributed by atoms with Gasteiger partial charge in [-0.05, 0) is 31.9 Å². The van der Waals surface area contributed by atoms with E-state index >= 15 is 0 Å². The number of piperidine rings is 1. The number of aryl methyl sites for hydroxylation is 1. The first-order valence-electron chi connectivity index (χ1n) is 7.28. The lowest BCUT2D eigenvalue weighted by Gasteiger charge is -2.31. The van der Waals surface area contributed by atoms with Gasteiger partial charge in [-0.15, -0.1) is 0 Å². The van der Waals surface area contributed by atoms with E-state index in [1.807, 2.05) is 0 Å². The topological polar surface area (TPSA) is 77.7 Å². The van der Waals surface area contributed by atoms with E-state index < -0.39 is 11.9 Å². The summed E-state index contributed by atoms with van der Waals surface area (Å²) in [4.78, 5) is 14.0. The quantitative estimate of drug-likeness (QED) is 0.889. The van der Waals surface area contributed by atoms with Crippen LogP contribution in [0.25, 0.3) is 0 Å². The molecule has 1 amide bonds. The van der Waals surface area contributed by atoms with Crippen LogP contribution in [-0.2, 0) is 6.18 Å². The van der Waals surface area contributed by atoms with E-state index in [2.05, 4.69) is 20.4 Å². The van der Waals surface area contributed by atoms with Gasteiger partial charge in [0.2, 0.25) is 0 Å². The lowest BCUT2D eigenvalue weighted by atomic mass is 9.94. The van der Waals surface area contributed by atoms with Crippen LogP contribution in [0.15, 0.2) is 12.1 Å². The second kappa shape index (κ2) is 5.71. The third kappa shape index (κ3) is 3.22. The van der Waals surface area contributed by atoms with Crippen LogP contribution < -0.4 is 0 Å². The van der Waals surface area contributed by atoms with Gasteiger partial charge in [0.25, 0.3) is 5.91 Å². The van der Waals surface area contributed by atoms with Gasteiger partial charge in [-0.25, -0.2) is 0 Å². The van der Waals surface area contributed by atoms with Gasteiger partial charge in [-0.2, -0.15) is 23.4 Å². The Hall–Kier alpha value is -2.32. The molecule has 2 aromatic heterocycles. The molecule has 2 N–H and O–H groups in total. The van der Waals surface area contributed by atoms with Crippen molar-refractivity contribution in [2.45, 2.75) is 31.9 Å². The largest absolute Gasteiger partial charge is 0.435 e. The Kier molecular flexibility index (Phi) is 3.87. The summed E-state index contributed by atoms with van der Waals surface area (Å²) in [7, 11) is 0. The second-order valence-corrected chi connectivity index (χ2v) is 5.73. The van der Waals surface area contributed by atoms with Gasteiger partial charge in [-0.1, -0.05) is 0 Å². The lowest BCUT2D eigenvalue weighted by molar-refractivity contribution is -0.141. The molecule has 124 valence electrons. The number of H-pyrrole nitrogens is 2. The van der Waals surface area contributed by atoms with Crippen LogP contribution >= 0.6 is 0 Å². The van der Waals surface area contributed by atoms with Crippen molar-refractivity contribution in [2.24, 2.45) is 0 Å². The monoisotopic (exact) mass is 327 g/mol. The van der Waals surface area contributed by atoms with Gasteiger partial charge >= 0.3 is 6.18 Å². The molecule has 6 nitrogen and oxygen atoms in total. The molecule has 3 rings (SSSR count). The molecule has 0 radical (unpaired) electrons. The summed E-state index contributed by atoms with van der Waals surface area (Å²) in [6.07, 6.45) is -3.03. The normalized spacial score (nSPS) is 19.1. The molecule has 23 heavy (non-hydrogen) atoms. The molecule has 1 aliphatic rings. The van der Waals surface area contributed by atoms with Crippen molar-refractivity contribution in [3.8, 4) is 0 Å². The van der Waals surface area contributed by atoms with Crippen LogP contribution in [0.1, 0.15) is 46.3 Å². The van der Waals surface area contributed by atoms with E-state index in [0.717, 1.165) is 18.2 Å². The van der Waals surface area contributed by atoms with E-state index in [-0.39, 0.29) is 11.8 Å². The Balaban J connectivity index is 1.73. The molecular formula is C14H16F3N5O. The first-order valence-corrected chi connectivity index (χ1v) is 7.28. The van der Waals surface area contributed by atoms with Crippen molar-refractivity contribution in [2.75, 3.05) is 13.1 Å². The number of nitrogens with one attached hydrogen (secondary N) is 2. The summed E-state index contributed by atoms with van der Waals surface area (Å²) < 4.78 is 37.9. The first-order chi connectivity index (χ1) is 10.8. The summed E-state index contributed by atoms with van der Waals surface area (Å²) in [5, 5.41) is 12.4. The fraction of sp³-hybridized carbons (Fsp3) is 0.500. The average molecular weight is 327 g/mol. The molecule has 1 fully saturated rings. The minimum atomic E-state index is -4.47. The van der Waals surface area contributed by atoms with E-state index in [1.54, 1.807) is 17.9 Å². The van der Waals surface area contributed by atoms with Crippen molar-refractivity contribution >= 4 is 5.91 Å². The van der Waals surface area contributed by atoms with E-state index in [1.165, 1.54) is 0 Å². The predicted molar refractivity (Wildman–Crippen MR) is 74.8 cm³/mol. The Morgan fingerprint density at radius 1 is 1.30 bits per heavy atom. The molecular weight excluding hydrogens is 311 g/mol. The van der Waals surface area contributed by atoms with Gasteiger partial charge < -0.3 is 4.90 Å². The molecule has 1 saturated heterocycles. The van der Waals surface area contributed by atoms with Crippen molar-refractivity contribution in [3.05, 3.63) is 34.9 Å². The molecule has 0 aliphatic carbocycles. The summed E-state index contributed by atoms with van der Waals surface area (Å²) in [5.74, 6) is -0.397. The number of carbonyl (C=O) groups is 1. The maximum Gasteiger partial charge on any atom is 0.435 e. The number of hydrogen-bond donors (Lipinski definition) is 2. The van der Waals surface area contributed by atoms with Gasteiger partial charge in [0.1, 0.15) is 5.69 Å². The number of aromatic amines is 2. The van der Waals surface area contributed by atoms with Crippen LogP contribution in [0, 0.1) is 6.92 Å². The minimum Gasteiger partial charge on any atom is -0.337 e. The summed E-state index contributed by atoms with van der Waals surface area (Å²) in [6.45, 7) is 2.72. The second-order valence-electron chi connectivity index (χ2n) is 5.73. The number of hydrogen-bond acceptors (Lipinski definition) is 3. The minimum absolute atomic E-state index is 0.184. The van der Waals surface area contributed by atoms with Crippen molar-refractivity contribution < 1.29 is 18.0 Å². The molecule has 1 atom stereocenters. The third-order valence-corrected chi connectivity index (χ3v) is 3.96. The zero-order valence-corrected chi connectivity index (χ0v) is 12.4. The molecule has 0 aromatic carbocycles. The zero-order chi connectivity index (χ0) is 16.6. The molecule has 1 aliphatic heterocycles. The molecule has 0 saturated carbocycles. The SMILES string of the molecule is Cc1cc(C(=O)N2CCC[C@H](c3cc(C(F)(F)F)n[nH]3)C2)n[nH]1. The fourth-order valence-corrected chi connectivity index (χ4v) is 2.80. The Labute approximate surface area is 130 Å². The van der Waals surface area contributed by atoms with E-state index in [4.69, 9.17) is 0 Å². The van der Waals surface area contributed by atoms with Crippen molar-refractivity contribution in [1.82, 2.24) is 25.3 Å². The number of carbonyl (C=O) groups excluding carboxylic acids is 1. The lowest BCUT2D eigenvalue weighted by Crippen LogP contribution is -2.39. The average Bonchev–Trinajstić information content (AvgIpc) is 3.15. The maximum absolute atomic E-state index is 12.6. The van der Waals surface area contributed by atoms with Crippen LogP contribution in [-0.4, -0.2) is 44.3 Å². The van der Waals surface area contributed by atoms with Gasteiger partial charge in [0.15, 0.2) is 5.69 Å². The number of rotatable bonds is 2. The molecule has 0 bridgehead atoms. The van der Waals surface area contributed by atoms with Crippen molar-refractivity contribution in [1.29, 1.82) is 0 Å². The van der Waals surface area contributed by atoms with Gasteiger partial charge in [-0.3, -0.25) is 15.0 Å². The Morgan fingerprint density at radius 2 is 2.09 bits per heavy atom. The van der Waals surface area contributed by atoms with Crippen molar-refractivity contribution in [3.63, 3.8) is 0 Å². The fourth-order valence-electron chi connectivity index (χ4n) is 2.80. The van der Waals surface area contributed by atoms with Gasteiger partial charge in [0, 0.05) is 30.4 Å². The van der Waals surface area contributed by atoms with Gasteiger partial charge in [0.05, 0.1) is 0 Å². The highest BCUT2D eigenvalue weighted by molar-refractivity contribution is 5.92. The van der Waals surface area contributed by atoms with Crippen LogP contribution in [0.4, 0.5) is 13.2 Å². The number of amides is 1. The Bertz CT molecular complexity index is 705. The molecule has 2 aromatic rings. The maximum atomic E-state index is 12.6. The van der Waals surface area contributed by atoms with E-state index in [0.29, 0.717) is 30.9 Å². The number of likely N-dealkylation sites (tertiary alicyclic amines) is 1. The van der Waals surface area contributed by atoms with E-state index in [9.17, 15) is 18.0 Å². The summed E-state index contributed by atoms with van der Waals surface area (Å²) in [6, 6.07) is 2.68. The standard InChI is InChI=1S/C14H16F3N5O/c1-8-5-11(20-18-8)13(23)22-4-2-3-9(7-22)10-6-12(21-19-10)14(15,16)17/h5-6,9H,2-4,7H2,1H3,(H,18,20)(H,19,21)/t9-/m0/s1. The summed E-state index contributed by atoms with van der Waals surface area (Å²) >= 11 is 0. The third-order valence-electron chi connectivity index (χ3n) is 3.96. The zero-order valence-electron chi connectivity index (χ0n) is 12.4. The number of aromatic nitrogens is 4. The highest BCUT2D eigenvalue weighted by Gasteiger charge is 2.35. The Morgan fingerprint density at radius 3 is 2.70 bits per heavy atom. The first kappa shape index (κ1) is 15.6. The van der Waals surface area contributed by atoms with Crippen LogP contribution in [0.3, 0.4) is 0 Å². The molecule has 0 unspecified atom stereocenters. The number of alkyl halides is 3. The summed E-state index contributed by atoms with van der Waals surface area (Å²) in [5.41, 5.74) is 0.584. The smallest absolute Gasteiger partial charge is 0.337 e. The van der Waals surface area contributed by atoms with Crippen LogP contribution in [0.5, 0.6) is 0 Å². The molecule has 0 spiro atoms. The number of halogens is 3. The number of nitrogens with zero attached hydrogens (tertiary/aromatic N) is 3. The van der Waals surface area contributed by atoms with Crippen LogP contribution in [0.2, 0.25) is 0 Å². The predicted octanol–water partition coefficient (Wildman–Crippen LogP) is 2.48.